The zero-order valence-electron chi connectivity index (χ0n) is 12.3. The molecule has 0 amide bonds. The lowest BCUT2D eigenvalue weighted by atomic mass is 9.82. The van der Waals surface area contributed by atoms with Crippen molar-refractivity contribution in [2.45, 2.75) is 25.9 Å². The minimum Gasteiger partial charge on any atom is -0.381 e. The number of nitrogens with one attached hydrogen (secondary N) is 1. The number of halogens is 1. The zero-order chi connectivity index (χ0) is 14.4. The topological polar surface area (TPSA) is 30.5 Å². The van der Waals surface area contributed by atoms with E-state index in [0.717, 1.165) is 49.7 Å². The number of methoxy groups -OCH3 is 1. The van der Waals surface area contributed by atoms with Crippen molar-refractivity contribution >= 4 is 11.6 Å². The standard InChI is InChI=1S/C16H24ClNO2/c1-16(7-9-20-10-8-16)12-18-11-15(19-2)13-5-3-4-6-14(13)17/h3-6,15,18H,7-12H2,1-2H3. The van der Waals surface area contributed by atoms with E-state index in [4.69, 9.17) is 21.1 Å². The second-order valence-electron chi connectivity index (χ2n) is 5.80. The molecule has 1 aliphatic heterocycles. The molecule has 1 aromatic rings. The molecule has 0 bridgehead atoms. The summed E-state index contributed by atoms with van der Waals surface area (Å²) < 4.78 is 11.0. The summed E-state index contributed by atoms with van der Waals surface area (Å²) in [4.78, 5) is 0. The van der Waals surface area contributed by atoms with Crippen LogP contribution in [0.5, 0.6) is 0 Å². The maximum absolute atomic E-state index is 6.23. The van der Waals surface area contributed by atoms with Gasteiger partial charge in [0.15, 0.2) is 0 Å². The minimum atomic E-state index is -0.00728. The lowest BCUT2D eigenvalue weighted by Crippen LogP contribution is -2.38. The molecule has 112 valence electrons. The molecule has 0 saturated carbocycles. The molecule has 1 aromatic carbocycles. The van der Waals surface area contributed by atoms with Crippen molar-refractivity contribution < 1.29 is 9.47 Å². The second kappa shape index (κ2) is 7.41. The third-order valence-electron chi connectivity index (χ3n) is 4.12. The van der Waals surface area contributed by atoms with E-state index in [1.54, 1.807) is 7.11 Å². The van der Waals surface area contributed by atoms with E-state index in [0.29, 0.717) is 5.41 Å². The SMILES string of the molecule is COC(CNCC1(C)CCOCC1)c1ccccc1Cl. The van der Waals surface area contributed by atoms with Crippen molar-refractivity contribution in [3.05, 3.63) is 34.9 Å². The van der Waals surface area contributed by atoms with Gasteiger partial charge in [-0.25, -0.2) is 0 Å². The fraction of sp³-hybridized carbons (Fsp3) is 0.625. The number of rotatable bonds is 6. The summed E-state index contributed by atoms with van der Waals surface area (Å²) in [6, 6.07) is 7.86. The monoisotopic (exact) mass is 297 g/mol. The van der Waals surface area contributed by atoms with Gasteiger partial charge in [-0.1, -0.05) is 36.7 Å². The zero-order valence-corrected chi connectivity index (χ0v) is 13.1. The Morgan fingerprint density at radius 1 is 1.35 bits per heavy atom. The molecule has 0 radical (unpaired) electrons. The van der Waals surface area contributed by atoms with E-state index >= 15 is 0 Å². The Kier molecular flexibility index (Phi) is 5.85. The Morgan fingerprint density at radius 2 is 2.05 bits per heavy atom. The molecule has 2 rings (SSSR count). The summed E-state index contributed by atoms with van der Waals surface area (Å²) in [7, 11) is 1.73. The van der Waals surface area contributed by atoms with E-state index < -0.39 is 0 Å². The van der Waals surface area contributed by atoms with Gasteiger partial charge in [-0.15, -0.1) is 0 Å². The molecule has 1 atom stereocenters. The van der Waals surface area contributed by atoms with Crippen molar-refractivity contribution in [3.8, 4) is 0 Å². The van der Waals surface area contributed by atoms with Gasteiger partial charge in [0.1, 0.15) is 0 Å². The first-order chi connectivity index (χ1) is 9.64. The van der Waals surface area contributed by atoms with Crippen molar-refractivity contribution in [1.82, 2.24) is 5.32 Å². The smallest absolute Gasteiger partial charge is 0.0959 e. The number of benzene rings is 1. The first-order valence-electron chi connectivity index (χ1n) is 7.20. The molecule has 3 nitrogen and oxygen atoms in total. The van der Waals surface area contributed by atoms with Crippen LogP contribution < -0.4 is 5.32 Å². The highest BCUT2D eigenvalue weighted by atomic mass is 35.5. The first kappa shape index (κ1) is 15.8. The molecular formula is C16H24ClNO2. The summed E-state index contributed by atoms with van der Waals surface area (Å²) in [6.07, 6.45) is 2.22. The maximum Gasteiger partial charge on any atom is 0.0959 e. The number of hydrogen-bond acceptors (Lipinski definition) is 3. The van der Waals surface area contributed by atoms with Crippen LogP contribution in [0.2, 0.25) is 5.02 Å². The predicted molar refractivity (Wildman–Crippen MR) is 82.2 cm³/mol. The normalized spacial score (nSPS) is 19.8. The van der Waals surface area contributed by atoms with Gasteiger partial charge in [0.2, 0.25) is 0 Å². The summed E-state index contributed by atoms with van der Waals surface area (Å²) >= 11 is 6.23. The molecule has 1 aliphatic rings. The highest BCUT2D eigenvalue weighted by molar-refractivity contribution is 6.31. The third kappa shape index (κ3) is 4.19. The quantitative estimate of drug-likeness (QED) is 0.872. The Morgan fingerprint density at radius 3 is 2.70 bits per heavy atom. The summed E-state index contributed by atoms with van der Waals surface area (Å²) in [5.74, 6) is 0. The second-order valence-corrected chi connectivity index (χ2v) is 6.21. The van der Waals surface area contributed by atoms with Gasteiger partial charge in [-0.05, 0) is 24.3 Å². The van der Waals surface area contributed by atoms with Crippen LogP contribution in [0.3, 0.4) is 0 Å². The molecule has 1 saturated heterocycles. The van der Waals surface area contributed by atoms with E-state index in [9.17, 15) is 0 Å². The van der Waals surface area contributed by atoms with Crippen molar-refractivity contribution in [2.75, 3.05) is 33.4 Å². The van der Waals surface area contributed by atoms with Crippen LogP contribution in [-0.4, -0.2) is 33.4 Å². The molecular weight excluding hydrogens is 274 g/mol. The summed E-state index contributed by atoms with van der Waals surface area (Å²) in [5.41, 5.74) is 1.37. The Labute approximate surface area is 126 Å². The highest BCUT2D eigenvalue weighted by Gasteiger charge is 2.27. The van der Waals surface area contributed by atoms with E-state index in [2.05, 4.69) is 12.2 Å². The lowest BCUT2D eigenvalue weighted by Gasteiger charge is -2.34. The van der Waals surface area contributed by atoms with Crippen molar-refractivity contribution in [3.63, 3.8) is 0 Å². The van der Waals surface area contributed by atoms with E-state index in [-0.39, 0.29) is 6.10 Å². The van der Waals surface area contributed by atoms with Crippen LogP contribution in [0, 0.1) is 5.41 Å². The van der Waals surface area contributed by atoms with Crippen LogP contribution in [-0.2, 0) is 9.47 Å². The first-order valence-corrected chi connectivity index (χ1v) is 7.58. The Hall–Kier alpha value is -0.610. The van der Waals surface area contributed by atoms with E-state index in [1.165, 1.54) is 0 Å². The maximum atomic E-state index is 6.23. The Balaban J connectivity index is 1.87. The minimum absolute atomic E-state index is 0.00728. The average Bonchev–Trinajstić information content (AvgIpc) is 2.45. The number of hydrogen-bond donors (Lipinski definition) is 1. The van der Waals surface area contributed by atoms with Gasteiger partial charge in [0, 0.05) is 44.0 Å². The van der Waals surface area contributed by atoms with Crippen molar-refractivity contribution in [1.29, 1.82) is 0 Å². The predicted octanol–water partition coefficient (Wildman–Crippen LogP) is 3.43. The van der Waals surface area contributed by atoms with Crippen molar-refractivity contribution in [2.24, 2.45) is 5.41 Å². The van der Waals surface area contributed by atoms with Crippen LogP contribution >= 0.6 is 11.6 Å². The molecule has 1 unspecified atom stereocenters. The summed E-state index contributed by atoms with van der Waals surface area (Å²) in [6.45, 7) is 5.82. The van der Waals surface area contributed by atoms with Gasteiger partial charge in [-0.2, -0.15) is 0 Å². The van der Waals surface area contributed by atoms with Gasteiger partial charge in [-0.3, -0.25) is 0 Å². The molecule has 1 heterocycles. The summed E-state index contributed by atoms with van der Waals surface area (Å²) in [5, 5.41) is 4.30. The molecule has 0 aromatic heterocycles. The van der Waals surface area contributed by atoms with E-state index in [1.807, 2.05) is 24.3 Å². The molecule has 1 N–H and O–H groups in total. The third-order valence-corrected chi connectivity index (χ3v) is 4.46. The molecule has 1 fully saturated rings. The highest BCUT2D eigenvalue weighted by Crippen LogP contribution is 2.29. The lowest BCUT2D eigenvalue weighted by molar-refractivity contribution is 0.0214. The van der Waals surface area contributed by atoms with Gasteiger partial charge in [0.05, 0.1) is 6.10 Å². The Bertz CT molecular complexity index is 419. The van der Waals surface area contributed by atoms with Crippen LogP contribution in [0.4, 0.5) is 0 Å². The molecule has 0 spiro atoms. The van der Waals surface area contributed by atoms with Gasteiger partial charge in [0.25, 0.3) is 0 Å². The van der Waals surface area contributed by atoms with Gasteiger partial charge >= 0.3 is 0 Å². The van der Waals surface area contributed by atoms with Crippen LogP contribution in [0.1, 0.15) is 31.4 Å². The molecule has 0 aliphatic carbocycles. The molecule has 20 heavy (non-hydrogen) atoms. The fourth-order valence-electron chi connectivity index (χ4n) is 2.60. The largest absolute Gasteiger partial charge is 0.381 e. The number of ether oxygens (including phenoxy) is 2. The fourth-order valence-corrected chi connectivity index (χ4v) is 2.86. The molecule has 4 heteroatoms. The average molecular weight is 298 g/mol. The van der Waals surface area contributed by atoms with Crippen LogP contribution in [0.15, 0.2) is 24.3 Å². The van der Waals surface area contributed by atoms with Gasteiger partial charge < -0.3 is 14.8 Å². The van der Waals surface area contributed by atoms with Crippen LogP contribution in [0.25, 0.3) is 0 Å².